The molecule has 0 aromatic heterocycles. The van der Waals surface area contributed by atoms with E-state index in [2.05, 4.69) is 15.1 Å². The minimum atomic E-state index is 0.293. The SMILES string of the molecule is CNCCC1CCN(C(=O)N2CCCCC2)CC1. The molecular formula is C14H27N3O. The third kappa shape index (κ3) is 3.61. The molecule has 0 spiro atoms. The zero-order valence-electron chi connectivity index (χ0n) is 11.7. The predicted molar refractivity (Wildman–Crippen MR) is 73.7 cm³/mol. The van der Waals surface area contributed by atoms with Crippen molar-refractivity contribution in [2.75, 3.05) is 39.8 Å². The van der Waals surface area contributed by atoms with Crippen molar-refractivity contribution in [3.63, 3.8) is 0 Å². The van der Waals surface area contributed by atoms with Gasteiger partial charge in [0.25, 0.3) is 0 Å². The van der Waals surface area contributed by atoms with Crippen LogP contribution in [0.2, 0.25) is 0 Å². The van der Waals surface area contributed by atoms with E-state index in [9.17, 15) is 4.79 Å². The second-order valence-electron chi connectivity index (χ2n) is 5.65. The second kappa shape index (κ2) is 6.98. The average molecular weight is 253 g/mol. The Balaban J connectivity index is 1.73. The molecule has 2 heterocycles. The van der Waals surface area contributed by atoms with Gasteiger partial charge in [0.2, 0.25) is 0 Å². The van der Waals surface area contributed by atoms with Crippen molar-refractivity contribution in [1.82, 2.24) is 15.1 Å². The number of rotatable bonds is 3. The molecule has 18 heavy (non-hydrogen) atoms. The summed E-state index contributed by atoms with van der Waals surface area (Å²) in [5, 5.41) is 3.21. The third-order valence-electron chi connectivity index (χ3n) is 4.31. The zero-order chi connectivity index (χ0) is 12.8. The number of hydrogen-bond acceptors (Lipinski definition) is 2. The molecule has 0 aromatic rings. The third-order valence-corrected chi connectivity index (χ3v) is 4.31. The van der Waals surface area contributed by atoms with Gasteiger partial charge < -0.3 is 15.1 Å². The summed E-state index contributed by atoms with van der Waals surface area (Å²) in [6, 6.07) is 0.293. The van der Waals surface area contributed by atoms with Gasteiger partial charge >= 0.3 is 6.03 Å². The Kier molecular flexibility index (Phi) is 5.29. The molecule has 0 atom stereocenters. The summed E-state index contributed by atoms with van der Waals surface area (Å²) in [6.07, 6.45) is 7.27. The molecule has 0 aromatic carbocycles. The maximum absolute atomic E-state index is 12.3. The first-order valence-corrected chi connectivity index (χ1v) is 7.49. The van der Waals surface area contributed by atoms with Crippen LogP contribution in [0.1, 0.15) is 38.5 Å². The molecule has 2 saturated heterocycles. The van der Waals surface area contributed by atoms with Crippen LogP contribution in [0.3, 0.4) is 0 Å². The van der Waals surface area contributed by atoms with Crippen LogP contribution < -0.4 is 5.32 Å². The first kappa shape index (κ1) is 13.7. The highest BCUT2D eigenvalue weighted by atomic mass is 16.2. The smallest absolute Gasteiger partial charge is 0.319 e. The molecule has 0 unspecified atom stereocenters. The van der Waals surface area contributed by atoms with E-state index in [4.69, 9.17) is 0 Å². The summed E-state index contributed by atoms with van der Waals surface area (Å²) in [5.74, 6) is 0.808. The first-order chi connectivity index (χ1) is 8.81. The fraction of sp³-hybridized carbons (Fsp3) is 0.929. The Bertz CT molecular complexity index is 256. The number of amides is 2. The Morgan fingerprint density at radius 1 is 1.06 bits per heavy atom. The molecule has 2 amide bonds. The quantitative estimate of drug-likeness (QED) is 0.834. The van der Waals surface area contributed by atoms with Crippen LogP contribution in [-0.2, 0) is 0 Å². The average Bonchev–Trinajstić information content (AvgIpc) is 2.46. The van der Waals surface area contributed by atoms with Gasteiger partial charge in [-0.3, -0.25) is 0 Å². The highest BCUT2D eigenvalue weighted by molar-refractivity contribution is 5.74. The van der Waals surface area contributed by atoms with E-state index in [1.165, 1.54) is 38.5 Å². The lowest BCUT2D eigenvalue weighted by molar-refractivity contribution is 0.124. The van der Waals surface area contributed by atoms with Crippen molar-refractivity contribution in [3.8, 4) is 0 Å². The summed E-state index contributed by atoms with van der Waals surface area (Å²) in [7, 11) is 2.01. The fourth-order valence-electron chi connectivity index (χ4n) is 3.05. The molecule has 0 bridgehead atoms. The van der Waals surface area contributed by atoms with Gasteiger partial charge in [-0.15, -0.1) is 0 Å². The van der Waals surface area contributed by atoms with E-state index in [1.807, 2.05) is 7.05 Å². The summed E-state index contributed by atoms with van der Waals surface area (Å²) in [5.41, 5.74) is 0. The van der Waals surface area contributed by atoms with Crippen LogP contribution >= 0.6 is 0 Å². The van der Waals surface area contributed by atoms with Gasteiger partial charge in [0, 0.05) is 26.2 Å². The molecule has 104 valence electrons. The molecule has 1 N–H and O–H groups in total. The minimum Gasteiger partial charge on any atom is -0.325 e. The molecule has 0 aliphatic carbocycles. The lowest BCUT2D eigenvalue weighted by Crippen LogP contribution is -2.48. The highest BCUT2D eigenvalue weighted by Gasteiger charge is 2.26. The van der Waals surface area contributed by atoms with E-state index in [0.717, 1.165) is 38.6 Å². The van der Waals surface area contributed by atoms with Gasteiger partial charge in [-0.25, -0.2) is 4.79 Å². The molecule has 2 rings (SSSR count). The Hall–Kier alpha value is -0.770. The van der Waals surface area contributed by atoms with Crippen molar-refractivity contribution < 1.29 is 4.79 Å². The van der Waals surface area contributed by atoms with Gasteiger partial charge in [-0.1, -0.05) is 0 Å². The maximum Gasteiger partial charge on any atom is 0.319 e. The van der Waals surface area contributed by atoms with E-state index in [0.29, 0.717) is 6.03 Å². The number of likely N-dealkylation sites (tertiary alicyclic amines) is 2. The lowest BCUT2D eigenvalue weighted by Gasteiger charge is -2.37. The number of piperidine rings is 2. The number of carbonyl (C=O) groups excluding carboxylic acids is 1. The molecular weight excluding hydrogens is 226 g/mol. The molecule has 0 saturated carbocycles. The first-order valence-electron chi connectivity index (χ1n) is 7.49. The predicted octanol–water partition coefficient (Wildman–Crippen LogP) is 1.91. The van der Waals surface area contributed by atoms with E-state index < -0.39 is 0 Å². The largest absolute Gasteiger partial charge is 0.325 e. The molecule has 4 nitrogen and oxygen atoms in total. The van der Waals surface area contributed by atoms with Crippen molar-refractivity contribution in [3.05, 3.63) is 0 Å². The normalized spacial score (nSPS) is 22.3. The van der Waals surface area contributed by atoms with Gasteiger partial charge in [0.15, 0.2) is 0 Å². The summed E-state index contributed by atoms with van der Waals surface area (Å²) in [4.78, 5) is 16.4. The van der Waals surface area contributed by atoms with Crippen molar-refractivity contribution in [2.24, 2.45) is 5.92 Å². The van der Waals surface area contributed by atoms with Crippen molar-refractivity contribution >= 4 is 6.03 Å². The monoisotopic (exact) mass is 253 g/mol. The molecule has 2 aliphatic rings. The number of nitrogens with zero attached hydrogens (tertiary/aromatic N) is 2. The van der Waals surface area contributed by atoms with Crippen LogP contribution in [0.25, 0.3) is 0 Å². The van der Waals surface area contributed by atoms with Crippen LogP contribution in [-0.4, -0.2) is 55.6 Å². The van der Waals surface area contributed by atoms with E-state index >= 15 is 0 Å². The summed E-state index contributed by atoms with van der Waals surface area (Å²) in [6.45, 7) is 4.97. The number of carbonyl (C=O) groups is 1. The standard InChI is InChI=1S/C14H27N3O/c1-15-8-5-13-6-11-17(12-7-13)14(18)16-9-3-2-4-10-16/h13,15H,2-12H2,1H3. The minimum absolute atomic E-state index is 0.293. The molecule has 2 fully saturated rings. The second-order valence-corrected chi connectivity index (χ2v) is 5.65. The summed E-state index contributed by atoms with van der Waals surface area (Å²) >= 11 is 0. The molecule has 2 aliphatic heterocycles. The van der Waals surface area contributed by atoms with Gasteiger partial charge in [0.05, 0.1) is 0 Å². The van der Waals surface area contributed by atoms with E-state index in [-0.39, 0.29) is 0 Å². The Morgan fingerprint density at radius 3 is 2.28 bits per heavy atom. The fourth-order valence-corrected chi connectivity index (χ4v) is 3.05. The number of nitrogens with one attached hydrogen (secondary N) is 1. The lowest BCUT2D eigenvalue weighted by atomic mass is 9.93. The highest BCUT2D eigenvalue weighted by Crippen LogP contribution is 2.21. The van der Waals surface area contributed by atoms with Crippen molar-refractivity contribution in [2.45, 2.75) is 38.5 Å². The molecule has 4 heteroatoms. The van der Waals surface area contributed by atoms with Crippen LogP contribution in [0.4, 0.5) is 4.79 Å². The van der Waals surface area contributed by atoms with E-state index in [1.54, 1.807) is 0 Å². The maximum atomic E-state index is 12.3. The van der Waals surface area contributed by atoms with Crippen LogP contribution in [0, 0.1) is 5.92 Å². The Morgan fingerprint density at radius 2 is 1.67 bits per heavy atom. The van der Waals surface area contributed by atoms with Crippen LogP contribution in [0.15, 0.2) is 0 Å². The van der Waals surface area contributed by atoms with Gasteiger partial charge in [-0.2, -0.15) is 0 Å². The topological polar surface area (TPSA) is 35.6 Å². The van der Waals surface area contributed by atoms with Crippen LogP contribution in [0.5, 0.6) is 0 Å². The van der Waals surface area contributed by atoms with Gasteiger partial charge in [0.1, 0.15) is 0 Å². The number of urea groups is 1. The zero-order valence-corrected chi connectivity index (χ0v) is 11.7. The van der Waals surface area contributed by atoms with Crippen molar-refractivity contribution in [1.29, 1.82) is 0 Å². The molecule has 0 radical (unpaired) electrons. The number of hydrogen-bond donors (Lipinski definition) is 1. The Labute approximate surface area is 111 Å². The summed E-state index contributed by atoms with van der Waals surface area (Å²) < 4.78 is 0. The van der Waals surface area contributed by atoms with Gasteiger partial charge in [-0.05, 0) is 58.0 Å².